The van der Waals surface area contributed by atoms with Gasteiger partial charge in [0.05, 0.1) is 25.7 Å². The number of hydrogen-bond donors (Lipinski definition) is 1. The fourth-order valence-electron chi connectivity index (χ4n) is 4.37. The van der Waals surface area contributed by atoms with Crippen molar-refractivity contribution in [2.75, 3.05) is 7.11 Å². The molecule has 0 amide bonds. The van der Waals surface area contributed by atoms with Crippen LogP contribution in [0.25, 0.3) is 10.9 Å². The van der Waals surface area contributed by atoms with E-state index < -0.39 is 0 Å². The van der Waals surface area contributed by atoms with E-state index >= 15 is 0 Å². The quantitative estimate of drug-likeness (QED) is 0.327. The van der Waals surface area contributed by atoms with Crippen molar-refractivity contribution in [3.05, 3.63) is 117 Å². The van der Waals surface area contributed by atoms with E-state index in [-0.39, 0.29) is 11.4 Å². The number of fused-ring (bicyclic) bond motifs is 1. The number of pyridine rings is 1. The summed E-state index contributed by atoms with van der Waals surface area (Å²) in [6.07, 6.45) is 0. The maximum Gasteiger partial charge on any atom is 0.252 e. The normalized spacial score (nSPS) is 11.4. The van der Waals surface area contributed by atoms with Crippen LogP contribution in [0, 0.1) is 12.7 Å². The van der Waals surface area contributed by atoms with E-state index in [0.717, 1.165) is 33.3 Å². The number of nitrogens with zero attached hydrogens (tertiary/aromatic N) is 5. The van der Waals surface area contributed by atoms with Crippen LogP contribution in [0.3, 0.4) is 0 Å². The van der Waals surface area contributed by atoms with Crippen LogP contribution >= 0.6 is 0 Å². The van der Waals surface area contributed by atoms with Gasteiger partial charge in [0.25, 0.3) is 5.56 Å². The van der Waals surface area contributed by atoms with Crippen LogP contribution < -0.4 is 10.3 Å². The van der Waals surface area contributed by atoms with Gasteiger partial charge in [-0.2, -0.15) is 0 Å². The van der Waals surface area contributed by atoms with Crippen LogP contribution in [-0.4, -0.2) is 37.2 Å². The molecular formula is C28H27FN6O2. The third-order valence-electron chi connectivity index (χ3n) is 6.34. The molecule has 1 N–H and O–H groups in total. The first-order chi connectivity index (χ1) is 18.0. The van der Waals surface area contributed by atoms with Crippen molar-refractivity contribution in [2.24, 2.45) is 0 Å². The Morgan fingerprint density at radius 2 is 1.73 bits per heavy atom. The number of halogens is 1. The van der Waals surface area contributed by atoms with Gasteiger partial charge in [0.15, 0.2) is 5.82 Å². The third-order valence-corrected chi connectivity index (χ3v) is 6.34. The van der Waals surface area contributed by atoms with E-state index in [1.807, 2.05) is 55.5 Å². The molecule has 8 nitrogen and oxygen atoms in total. The molecule has 5 rings (SSSR count). The highest BCUT2D eigenvalue weighted by Gasteiger charge is 2.16. The molecule has 2 aromatic heterocycles. The van der Waals surface area contributed by atoms with Gasteiger partial charge in [0.2, 0.25) is 0 Å². The second-order valence-corrected chi connectivity index (χ2v) is 9.04. The number of ether oxygens (including phenoxy) is 1. The van der Waals surface area contributed by atoms with Crippen molar-refractivity contribution in [1.82, 2.24) is 30.1 Å². The molecule has 0 spiro atoms. The van der Waals surface area contributed by atoms with Crippen LogP contribution in [0.1, 0.15) is 28.1 Å². The maximum atomic E-state index is 13.3. The van der Waals surface area contributed by atoms with Crippen LogP contribution in [0.5, 0.6) is 5.75 Å². The Bertz CT molecular complexity index is 1560. The van der Waals surface area contributed by atoms with Crippen molar-refractivity contribution >= 4 is 10.9 Å². The molecule has 9 heteroatoms. The number of rotatable bonds is 9. The number of para-hydroxylation sites is 1. The molecule has 0 saturated heterocycles. The lowest BCUT2D eigenvalue weighted by Crippen LogP contribution is -2.28. The summed E-state index contributed by atoms with van der Waals surface area (Å²) in [5.41, 5.74) is 4.36. The fourth-order valence-corrected chi connectivity index (χ4v) is 4.37. The second kappa shape index (κ2) is 10.7. The van der Waals surface area contributed by atoms with Crippen molar-refractivity contribution in [3.63, 3.8) is 0 Å². The zero-order valence-corrected chi connectivity index (χ0v) is 20.7. The number of nitrogens with one attached hydrogen (secondary N) is 1. The van der Waals surface area contributed by atoms with E-state index in [0.29, 0.717) is 37.6 Å². The third kappa shape index (κ3) is 5.73. The van der Waals surface area contributed by atoms with E-state index in [4.69, 9.17) is 4.74 Å². The molecule has 0 aliphatic heterocycles. The standard InChI is InChI=1S/C28H27FN6O2/c1-19-4-3-5-22-14-23(28(36)30-27(19)22)17-34(15-20-8-12-25(37-2)13-9-20)18-26-31-32-33-35(26)16-21-6-10-24(29)11-7-21/h3-14H,15-18H2,1-2H3,(H,30,36). The largest absolute Gasteiger partial charge is 0.497 e. The van der Waals surface area contributed by atoms with Gasteiger partial charge in [-0.15, -0.1) is 5.10 Å². The molecule has 37 heavy (non-hydrogen) atoms. The van der Waals surface area contributed by atoms with Crippen molar-refractivity contribution < 1.29 is 9.13 Å². The Kier molecular flexibility index (Phi) is 7.04. The van der Waals surface area contributed by atoms with Crippen molar-refractivity contribution in [3.8, 4) is 5.75 Å². The monoisotopic (exact) mass is 498 g/mol. The van der Waals surface area contributed by atoms with Crippen LogP contribution in [0.15, 0.2) is 77.6 Å². The second-order valence-electron chi connectivity index (χ2n) is 9.04. The van der Waals surface area contributed by atoms with E-state index in [2.05, 4.69) is 25.4 Å². The SMILES string of the molecule is COc1ccc(CN(Cc2cc3cccc(C)c3[nH]c2=O)Cc2nnnn2Cc2ccc(F)cc2)cc1. The summed E-state index contributed by atoms with van der Waals surface area (Å²) >= 11 is 0. The van der Waals surface area contributed by atoms with Gasteiger partial charge >= 0.3 is 0 Å². The number of H-pyrrole nitrogens is 1. The van der Waals surface area contributed by atoms with Gasteiger partial charge in [-0.05, 0) is 69.8 Å². The lowest BCUT2D eigenvalue weighted by atomic mass is 10.1. The maximum absolute atomic E-state index is 13.3. The molecule has 0 unspecified atom stereocenters. The average Bonchev–Trinajstić information content (AvgIpc) is 3.33. The van der Waals surface area contributed by atoms with E-state index in [1.54, 1.807) is 23.9 Å². The number of methoxy groups -OCH3 is 1. The summed E-state index contributed by atoms with van der Waals surface area (Å²) in [6, 6.07) is 22.0. The first-order valence-electron chi connectivity index (χ1n) is 11.9. The molecule has 0 fully saturated rings. The highest BCUT2D eigenvalue weighted by molar-refractivity contribution is 5.81. The minimum Gasteiger partial charge on any atom is -0.497 e. The van der Waals surface area contributed by atoms with Crippen LogP contribution in [0.2, 0.25) is 0 Å². The topological polar surface area (TPSA) is 88.9 Å². The van der Waals surface area contributed by atoms with Crippen LogP contribution in [0.4, 0.5) is 4.39 Å². The molecular weight excluding hydrogens is 471 g/mol. The zero-order valence-electron chi connectivity index (χ0n) is 20.7. The molecule has 2 heterocycles. The number of aryl methyl sites for hydroxylation is 1. The predicted octanol–water partition coefficient (Wildman–Crippen LogP) is 4.22. The molecule has 3 aromatic carbocycles. The molecule has 5 aromatic rings. The number of benzene rings is 3. The minimum atomic E-state index is -0.290. The summed E-state index contributed by atoms with van der Waals surface area (Å²) < 4.78 is 20.3. The first-order valence-corrected chi connectivity index (χ1v) is 11.9. The highest BCUT2D eigenvalue weighted by atomic mass is 19.1. The Morgan fingerprint density at radius 1 is 0.973 bits per heavy atom. The van der Waals surface area contributed by atoms with Gasteiger partial charge < -0.3 is 9.72 Å². The van der Waals surface area contributed by atoms with Crippen LogP contribution in [-0.2, 0) is 26.2 Å². The number of aromatic amines is 1. The Labute approximate surface area is 213 Å². The lowest BCUT2D eigenvalue weighted by molar-refractivity contribution is 0.236. The van der Waals surface area contributed by atoms with Crippen molar-refractivity contribution in [1.29, 1.82) is 0 Å². The predicted molar refractivity (Wildman–Crippen MR) is 139 cm³/mol. The fraction of sp³-hybridized carbons (Fsp3) is 0.214. The Hall–Kier alpha value is -4.37. The number of hydrogen-bond acceptors (Lipinski definition) is 6. The van der Waals surface area contributed by atoms with E-state index in [9.17, 15) is 9.18 Å². The summed E-state index contributed by atoms with van der Waals surface area (Å²) in [7, 11) is 1.63. The lowest BCUT2D eigenvalue weighted by Gasteiger charge is -2.22. The number of tetrazole rings is 1. The Balaban J connectivity index is 1.44. The average molecular weight is 499 g/mol. The molecule has 0 atom stereocenters. The molecule has 0 aliphatic rings. The van der Waals surface area contributed by atoms with Gasteiger partial charge in [-0.1, -0.05) is 42.5 Å². The smallest absolute Gasteiger partial charge is 0.252 e. The highest BCUT2D eigenvalue weighted by Crippen LogP contribution is 2.19. The summed E-state index contributed by atoms with van der Waals surface area (Å²) in [5.74, 6) is 1.13. The van der Waals surface area contributed by atoms with Crippen molar-refractivity contribution in [2.45, 2.75) is 33.1 Å². The zero-order chi connectivity index (χ0) is 25.8. The number of aromatic nitrogens is 5. The Morgan fingerprint density at radius 3 is 2.49 bits per heavy atom. The molecule has 0 aliphatic carbocycles. The van der Waals surface area contributed by atoms with Gasteiger partial charge in [0, 0.05) is 18.7 Å². The van der Waals surface area contributed by atoms with Gasteiger partial charge in [0.1, 0.15) is 11.6 Å². The van der Waals surface area contributed by atoms with Gasteiger partial charge in [-0.3, -0.25) is 9.69 Å². The van der Waals surface area contributed by atoms with Gasteiger partial charge in [-0.25, -0.2) is 9.07 Å². The molecule has 188 valence electrons. The minimum absolute atomic E-state index is 0.118. The first kappa shape index (κ1) is 24.3. The molecule has 0 saturated carbocycles. The van der Waals surface area contributed by atoms with E-state index in [1.165, 1.54) is 12.1 Å². The summed E-state index contributed by atoms with van der Waals surface area (Å²) in [5, 5.41) is 13.2. The summed E-state index contributed by atoms with van der Waals surface area (Å²) in [6.45, 7) is 3.77. The summed E-state index contributed by atoms with van der Waals surface area (Å²) in [4.78, 5) is 18.2. The molecule has 0 bridgehead atoms. The molecule has 0 radical (unpaired) electrons.